The first-order valence-corrected chi connectivity index (χ1v) is 17.6. The van der Waals surface area contributed by atoms with Crippen LogP contribution in [0.25, 0.3) is 43.6 Å². The quantitative estimate of drug-likeness (QED) is 0.150. The van der Waals surface area contributed by atoms with Crippen molar-refractivity contribution in [1.82, 2.24) is 18.9 Å². The van der Waals surface area contributed by atoms with E-state index in [0.717, 1.165) is 59.0 Å². The summed E-state index contributed by atoms with van der Waals surface area (Å²) in [6, 6.07) is 32.6. The van der Waals surface area contributed by atoms with E-state index < -0.39 is 23.8 Å². The predicted octanol–water partition coefficient (Wildman–Crippen LogP) is 7.97. The van der Waals surface area contributed by atoms with Gasteiger partial charge in [0.1, 0.15) is 17.5 Å². The zero-order valence-corrected chi connectivity index (χ0v) is 28.6. The summed E-state index contributed by atoms with van der Waals surface area (Å²) in [6.07, 6.45) is -1.19. The summed E-state index contributed by atoms with van der Waals surface area (Å²) in [7, 11) is 0. The van der Waals surface area contributed by atoms with Crippen molar-refractivity contribution in [2.45, 2.75) is 44.8 Å². The Bertz CT molecular complexity index is 2260. The normalized spacial score (nSPS) is 17.2. The Balaban J connectivity index is 1.06. The van der Waals surface area contributed by atoms with E-state index in [2.05, 4.69) is 45.6 Å². The van der Waals surface area contributed by atoms with Gasteiger partial charge in [0, 0.05) is 82.4 Å². The van der Waals surface area contributed by atoms with Crippen LogP contribution in [0.1, 0.15) is 12.5 Å². The van der Waals surface area contributed by atoms with E-state index in [-0.39, 0.29) is 18.5 Å². The van der Waals surface area contributed by atoms with Crippen molar-refractivity contribution >= 4 is 43.6 Å². The lowest BCUT2D eigenvalue weighted by atomic mass is 10.1. The van der Waals surface area contributed by atoms with Crippen LogP contribution in [0.2, 0.25) is 0 Å². The summed E-state index contributed by atoms with van der Waals surface area (Å²) in [5, 5.41) is 14.4. The molecule has 0 amide bonds. The van der Waals surface area contributed by atoms with Crippen molar-refractivity contribution in [2.24, 2.45) is 0 Å². The van der Waals surface area contributed by atoms with Crippen molar-refractivity contribution in [3.8, 4) is 0 Å². The highest BCUT2D eigenvalue weighted by Crippen LogP contribution is 2.33. The minimum atomic E-state index is -0.732. The molecule has 1 saturated heterocycles. The van der Waals surface area contributed by atoms with Gasteiger partial charge in [0.15, 0.2) is 0 Å². The fourth-order valence-electron chi connectivity index (χ4n) is 7.94. The maximum absolute atomic E-state index is 14.5. The summed E-state index contributed by atoms with van der Waals surface area (Å²) < 4.78 is 54.2. The minimum Gasteiger partial charge on any atom is -0.389 e. The molecule has 6 nitrogen and oxygen atoms in total. The SMILES string of the molecule is CC1CN(Cc2ccccc2)CCN1CC(O)COC(Cn1c2ccccc2c2cc(F)ccc21)Cn1c2ccc(F)cc2c2cc(F)ccc21. The molecule has 8 rings (SSSR count). The number of halogens is 3. The van der Waals surface area contributed by atoms with E-state index in [1.165, 1.54) is 35.9 Å². The second kappa shape index (κ2) is 14.2. The summed E-state index contributed by atoms with van der Waals surface area (Å²) in [4.78, 5) is 4.78. The molecule has 7 aromatic rings. The zero-order valence-electron chi connectivity index (χ0n) is 28.6. The van der Waals surface area contributed by atoms with E-state index >= 15 is 0 Å². The Morgan fingerprint density at radius 1 is 0.647 bits per heavy atom. The lowest BCUT2D eigenvalue weighted by Gasteiger charge is -2.40. The van der Waals surface area contributed by atoms with Crippen LogP contribution in [0.5, 0.6) is 0 Å². The first-order valence-electron chi connectivity index (χ1n) is 17.6. The minimum absolute atomic E-state index is 0.105. The number of nitrogens with zero attached hydrogens (tertiary/aromatic N) is 4. The number of ether oxygens (including phenoxy) is 1. The highest BCUT2D eigenvalue weighted by atomic mass is 19.1. The zero-order chi connectivity index (χ0) is 35.1. The van der Waals surface area contributed by atoms with Gasteiger partial charge in [-0.3, -0.25) is 9.80 Å². The smallest absolute Gasteiger partial charge is 0.123 e. The molecule has 262 valence electrons. The standard InChI is InChI=1S/C42H41F3N4O2/c1-28-22-46(23-29-7-3-2-4-8-29)17-18-47(28)24-33(50)27-51-34(25-48-39-10-6-5-9-35(39)36-19-30(43)11-14-40(36)48)26-49-41-15-12-31(44)20-37(41)38-21-32(45)13-16-42(38)49/h2-16,19-21,28,33-34,50H,17-18,22-27H2,1H3. The third-order valence-electron chi connectivity index (χ3n) is 10.4. The number of para-hydroxylation sites is 1. The van der Waals surface area contributed by atoms with Gasteiger partial charge in [-0.2, -0.15) is 0 Å². The Labute approximate surface area is 294 Å². The van der Waals surface area contributed by atoms with Crippen molar-refractivity contribution in [3.63, 3.8) is 0 Å². The number of piperazine rings is 1. The lowest BCUT2D eigenvalue weighted by Crippen LogP contribution is -2.53. The Morgan fingerprint density at radius 2 is 1.18 bits per heavy atom. The van der Waals surface area contributed by atoms with Crippen LogP contribution < -0.4 is 0 Å². The number of benzene rings is 5. The van der Waals surface area contributed by atoms with Crippen molar-refractivity contribution in [2.75, 3.05) is 32.8 Å². The topological polar surface area (TPSA) is 45.8 Å². The van der Waals surface area contributed by atoms with Gasteiger partial charge < -0.3 is 19.0 Å². The van der Waals surface area contributed by atoms with E-state index in [0.29, 0.717) is 30.4 Å². The molecular weight excluding hydrogens is 649 g/mol. The average molecular weight is 691 g/mol. The van der Waals surface area contributed by atoms with Gasteiger partial charge in [-0.15, -0.1) is 0 Å². The highest BCUT2D eigenvalue weighted by Gasteiger charge is 2.27. The number of aliphatic hydroxyl groups is 1. The first kappa shape index (κ1) is 33.5. The van der Waals surface area contributed by atoms with Gasteiger partial charge in [-0.25, -0.2) is 13.2 Å². The summed E-state index contributed by atoms with van der Waals surface area (Å²) in [5.41, 5.74) is 4.64. The van der Waals surface area contributed by atoms with E-state index in [9.17, 15) is 18.3 Å². The summed E-state index contributed by atoms with van der Waals surface area (Å²) >= 11 is 0. The largest absolute Gasteiger partial charge is 0.389 e. The summed E-state index contributed by atoms with van der Waals surface area (Å²) in [5.74, 6) is -1.09. The monoisotopic (exact) mass is 690 g/mol. The molecule has 1 N–H and O–H groups in total. The number of hydrogen-bond donors (Lipinski definition) is 1. The lowest BCUT2D eigenvalue weighted by molar-refractivity contribution is -0.0418. The molecule has 9 heteroatoms. The number of rotatable bonds is 11. The predicted molar refractivity (Wildman–Crippen MR) is 197 cm³/mol. The highest BCUT2D eigenvalue weighted by molar-refractivity contribution is 6.09. The molecule has 3 unspecified atom stereocenters. The molecule has 5 aromatic carbocycles. The molecular formula is C42H41F3N4O2. The maximum Gasteiger partial charge on any atom is 0.123 e. The third kappa shape index (κ3) is 6.87. The molecule has 51 heavy (non-hydrogen) atoms. The van der Waals surface area contributed by atoms with Crippen LogP contribution in [0.15, 0.2) is 109 Å². The Morgan fingerprint density at radius 3 is 1.76 bits per heavy atom. The fourth-order valence-corrected chi connectivity index (χ4v) is 7.94. The molecule has 3 atom stereocenters. The molecule has 1 fully saturated rings. The van der Waals surface area contributed by atoms with Gasteiger partial charge >= 0.3 is 0 Å². The van der Waals surface area contributed by atoms with Crippen LogP contribution in [0, 0.1) is 17.5 Å². The van der Waals surface area contributed by atoms with Gasteiger partial charge in [-0.05, 0) is 73.2 Å². The van der Waals surface area contributed by atoms with Crippen molar-refractivity contribution in [3.05, 3.63) is 132 Å². The van der Waals surface area contributed by atoms with Crippen LogP contribution in [-0.4, -0.2) is 75.1 Å². The van der Waals surface area contributed by atoms with E-state index in [1.807, 2.05) is 34.9 Å². The number of fused-ring (bicyclic) bond motifs is 6. The molecule has 1 aliphatic heterocycles. The second-order valence-corrected chi connectivity index (χ2v) is 13.9. The fraction of sp³-hybridized carbons (Fsp3) is 0.286. The van der Waals surface area contributed by atoms with Gasteiger partial charge in [-0.1, -0.05) is 48.5 Å². The number of aromatic nitrogens is 2. The van der Waals surface area contributed by atoms with Gasteiger partial charge in [0.2, 0.25) is 0 Å². The molecule has 1 aliphatic rings. The molecule has 2 aromatic heterocycles. The van der Waals surface area contributed by atoms with Gasteiger partial charge in [0.25, 0.3) is 0 Å². The van der Waals surface area contributed by atoms with Crippen LogP contribution in [0.4, 0.5) is 13.2 Å². The molecule has 0 radical (unpaired) electrons. The van der Waals surface area contributed by atoms with E-state index in [1.54, 1.807) is 24.3 Å². The van der Waals surface area contributed by atoms with Crippen LogP contribution >= 0.6 is 0 Å². The Hall–Kier alpha value is -4.67. The number of hydrogen-bond acceptors (Lipinski definition) is 4. The molecule has 3 heterocycles. The summed E-state index contributed by atoms with van der Waals surface area (Å²) in [6.45, 7) is 7.13. The van der Waals surface area contributed by atoms with Crippen molar-refractivity contribution < 1.29 is 23.0 Å². The number of β-amino-alcohol motifs (C(OH)–C–C–N with tert-alkyl or cyclic N) is 1. The average Bonchev–Trinajstić information content (AvgIpc) is 3.59. The Kier molecular flexibility index (Phi) is 9.29. The van der Waals surface area contributed by atoms with E-state index in [4.69, 9.17) is 4.74 Å². The second-order valence-electron chi connectivity index (χ2n) is 13.9. The maximum atomic E-state index is 14.5. The molecule has 0 aliphatic carbocycles. The first-order chi connectivity index (χ1) is 24.8. The molecule has 0 bridgehead atoms. The third-order valence-corrected chi connectivity index (χ3v) is 10.4. The van der Waals surface area contributed by atoms with Crippen LogP contribution in [0.3, 0.4) is 0 Å². The van der Waals surface area contributed by atoms with Crippen LogP contribution in [-0.2, 0) is 24.4 Å². The molecule has 0 saturated carbocycles. The van der Waals surface area contributed by atoms with Crippen molar-refractivity contribution in [1.29, 1.82) is 0 Å². The van der Waals surface area contributed by atoms with Gasteiger partial charge in [0.05, 0.1) is 31.9 Å². The molecule has 0 spiro atoms. The number of aliphatic hydroxyl groups excluding tert-OH is 1.